The molecule has 2 fully saturated rings. The number of fused-ring (bicyclic) bond motifs is 1. The molecule has 31 heavy (non-hydrogen) atoms. The fourth-order valence-electron chi connectivity index (χ4n) is 3.41. The summed E-state index contributed by atoms with van der Waals surface area (Å²) in [5, 5.41) is 34.4. The summed E-state index contributed by atoms with van der Waals surface area (Å²) >= 11 is 1.32. The summed E-state index contributed by atoms with van der Waals surface area (Å²) in [5.41, 5.74) is 2.51. The van der Waals surface area contributed by atoms with Gasteiger partial charge in [-0.15, -0.1) is 11.8 Å². The van der Waals surface area contributed by atoms with E-state index in [9.17, 15) is 34.5 Å². The van der Waals surface area contributed by atoms with Gasteiger partial charge in [0.1, 0.15) is 6.04 Å². The molecule has 1 aromatic carbocycles. The van der Waals surface area contributed by atoms with Crippen LogP contribution in [0, 0.1) is 0 Å². The summed E-state index contributed by atoms with van der Waals surface area (Å²) in [6.45, 7) is 1.86. The third-order valence-electron chi connectivity index (χ3n) is 5.01. The molecular formula is C19H22N4O7S. The molecule has 0 radical (unpaired) electrons. The van der Waals surface area contributed by atoms with Crippen LogP contribution in [0.4, 0.5) is 0 Å². The van der Waals surface area contributed by atoms with Gasteiger partial charge in [0.15, 0.2) is 11.5 Å². The van der Waals surface area contributed by atoms with Crippen LogP contribution >= 0.6 is 11.8 Å². The van der Waals surface area contributed by atoms with Gasteiger partial charge in [-0.1, -0.05) is 0 Å². The molecule has 3 rings (SSSR count). The number of carbonyl (C=O) groups excluding carboxylic acids is 3. The zero-order valence-electron chi connectivity index (χ0n) is 16.6. The van der Waals surface area contributed by atoms with Gasteiger partial charge in [-0.05, 0) is 31.5 Å². The molecule has 3 atom stereocenters. The highest BCUT2D eigenvalue weighted by Crippen LogP contribution is 2.50. The van der Waals surface area contributed by atoms with Crippen LogP contribution in [0.25, 0.3) is 0 Å². The number of hydrogen-bond acceptors (Lipinski definition) is 8. The van der Waals surface area contributed by atoms with Gasteiger partial charge in [-0.2, -0.15) is 5.10 Å². The predicted octanol–water partition coefficient (Wildman–Crippen LogP) is 0.227. The van der Waals surface area contributed by atoms with Crippen molar-refractivity contribution < 1.29 is 34.5 Å². The normalized spacial score (nSPS) is 24.5. The Morgan fingerprint density at radius 3 is 2.71 bits per heavy atom. The van der Waals surface area contributed by atoms with Crippen molar-refractivity contribution in [3.05, 3.63) is 23.8 Å². The van der Waals surface area contributed by atoms with Crippen LogP contribution < -0.4 is 10.7 Å². The van der Waals surface area contributed by atoms with Gasteiger partial charge in [0.2, 0.25) is 11.8 Å². The maximum absolute atomic E-state index is 12.0. The molecule has 12 heteroatoms. The van der Waals surface area contributed by atoms with Gasteiger partial charge in [0, 0.05) is 24.7 Å². The number of carboxylic acid groups (broad SMARTS) is 1. The van der Waals surface area contributed by atoms with E-state index < -0.39 is 34.3 Å². The maximum Gasteiger partial charge on any atom is 0.328 e. The number of aromatic hydroxyl groups is 2. The van der Waals surface area contributed by atoms with E-state index in [2.05, 4.69) is 15.8 Å². The van der Waals surface area contributed by atoms with Crippen molar-refractivity contribution in [2.75, 3.05) is 6.54 Å². The van der Waals surface area contributed by atoms with E-state index in [1.54, 1.807) is 6.92 Å². The van der Waals surface area contributed by atoms with Crippen molar-refractivity contribution in [3.63, 3.8) is 0 Å². The molecule has 1 aromatic rings. The largest absolute Gasteiger partial charge is 0.504 e. The number of thioether (sulfide) groups is 1. The Bertz CT molecular complexity index is 953. The van der Waals surface area contributed by atoms with Gasteiger partial charge < -0.3 is 25.5 Å². The number of benzene rings is 1. The molecule has 3 amide bonds. The number of phenolic OH excluding ortho intramolecular Hbond substituents is 2. The SMILES string of the molecule is C[C@@]1(/C=N/NC(=O)CCCNC(=O)c2ccc(O)c(O)c2)S[C@@H]2CC(=O)N2[C@H]1C(=O)O. The molecule has 11 nitrogen and oxygen atoms in total. The molecule has 0 aliphatic carbocycles. The lowest BCUT2D eigenvalue weighted by Gasteiger charge is -2.36. The molecule has 0 bridgehead atoms. The van der Waals surface area contributed by atoms with Crippen LogP contribution in [0.3, 0.4) is 0 Å². The van der Waals surface area contributed by atoms with Crippen LogP contribution in [0.5, 0.6) is 11.5 Å². The first-order chi connectivity index (χ1) is 14.6. The van der Waals surface area contributed by atoms with Crippen LogP contribution in [0.1, 0.15) is 36.5 Å². The highest BCUT2D eigenvalue weighted by molar-refractivity contribution is 8.02. The van der Waals surface area contributed by atoms with E-state index in [1.165, 1.54) is 35.0 Å². The minimum Gasteiger partial charge on any atom is -0.504 e. The van der Waals surface area contributed by atoms with Gasteiger partial charge >= 0.3 is 5.97 Å². The minimum absolute atomic E-state index is 0.0674. The summed E-state index contributed by atoms with van der Waals surface area (Å²) in [7, 11) is 0. The zero-order chi connectivity index (χ0) is 22.8. The molecule has 2 aliphatic heterocycles. The van der Waals surface area contributed by atoms with Crippen molar-refractivity contribution in [3.8, 4) is 11.5 Å². The van der Waals surface area contributed by atoms with E-state index in [0.29, 0.717) is 12.8 Å². The lowest BCUT2D eigenvalue weighted by Crippen LogP contribution is -2.57. The fourth-order valence-corrected chi connectivity index (χ4v) is 5.04. The van der Waals surface area contributed by atoms with Crippen molar-refractivity contribution in [2.24, 2.45) is 5.10 Å². The number of phenols is 2. The molecule has 2 aliphatic rings. The van der Waals surface area contributed by atoms with Crippen molar-refractivity contribution >= 4 is 41.7 Å². The lowest BCUT2D eigenvalue weighted by atomic mass is 9.97. The number of carboxylic acids is 1. The standard InChI is InChI=1S/C19H22N4O7S/c1-19(16(18(29)30)23-14(27)8-15(23)31-19)9-21-22-13(26)3-2-6-20-17(28)10-4-5-11(24)12(25)7-10/h4-5,7,9,15-16,24-25H,2-3,6,8H2,1H3,(H,20,28)(H,22,26)(H,29,30)/b21-9+/t15-,16+,19+/m1/s1. The first kappa shape index (κ1) is 22.4. The number of β-lactam (4-membered cyclic amide) rings is 1. The predicted molar refractivity (Wildman–Crippen MR) is 111 cm³/mol. The van der Waals surface area contributed by atoms with Gasteiger partial charge in [-0.3, -0.25) is 14.4 Å². The molecule has 2 heterocycles. The Hall–Kier alpha value is -3.28. The van der Waals surface area contributed by atoms with Crippen LogP contribution in [0.15, 0.2) is 23.3 Å². The first-order valence-corrected chi connectivity index (χ1v) is 10.4. The van der Waals surface area contributed by atoms with Gasteiger partial charge in [0.25, 0.3) is 5.91 Å². The van der Waals surface area contributed by atoms with E-state index in [1.807, 2.05) is 0 Å². The smallest absolute Gasteiger partial charge is 0.328 e. The third-order valence-corrected chi connectivity index (χ3v) is 6.51. The quantitative estimate of drug-likeness (QED) is 0.123. The van der Waals surface area contributed by atoms with Crippen molar-refractivity contribution in [2.45, 2.75) is 42.3 Å². The molecule has 0 spiro atoms. The number of hydrazone groups is 1. The summed E-state index contributed by atoms with van der Waals surface area (Å²) in [6, 6.07) is 2.65. The van der Waals surface area contributed by atoms with Gasteiger partial charge in [0.05, 0.1) is 16.5 Å². The Morgan fingerprint density at radius 1 is 1.32 bits per heavy atom. The van der Waals surface area contributed by atoms with Crippen LogP contribution in [-0.2, 0) is 14.4 Å². The highest BCUT2D eigenvalue weighted by atomic mass is 32.2. The molecule has 2 saturated heterocycles. The van der Waals surface area contributed by atoms with Crippen LogP contribution in [-0.4, -0.2) is 72.8 Å². The topological polar surface area (TPSA) is 169 Å². The monoisotopic (exact) mass is 450 g/mol. The third kappa shape index (κ3) is 4.74. The van der Waals surface area contributed by atoms with Crippen molar-refractivity contribution in [1.82, 2.24) is 15.6 Å². The summed E-state index contributed by atoms with van der Waals surface area (Å²) in [6.07, 6.45) is 2.03. The first-order valence-electron chi connectivity index (χ1n) is 9.47. The molecule has 166 valence electrons. The number of nitrogens with one attached hydrogen (secondary N) is 2. The average Bonchev–Trinajstić information content (AvgIpc) is 2.94. The number of amides is 3. The number of rotatable bonds is 8. The number of carbonyl (C=O) groups is 4. The van der Waals surface area contributed by atoms with Gasteiger partial charge in [-0.25, -0.2) is 10.2 Å². The molecule has 0 saturated carbocycles. The second kappa shape index (κ2) is 8.84. The highest BCUT2D eigenvalue weighted by Gasteiger charge is 2.60. The zero-order valence-corrected chi connectivity index (χ0v) is 17.4. The Balaban J connectivity index is 1.42. The Labute approximate surface area is 181 Å². The molecule has 5 N–H and O–H groups in total. The summed E-state index contributed by atoms with van der Waals surface area (Å²) in [5.74, 6) is -2.94. The van der Waals surface area contributed by atoms with Crippen molar-refractivity contribution in [1.29, 1.82) is 0 Å². The van der Waals surface area contributed by atoms with E-state index in [-0.39, 0.29) is 35.6 Å². The number of aliphatic carboxylic acids is 1. The summed E-state index contributed by atoms with van der Waals surface area (Å²) < 4.78 is -0.959. The Morgan fingerprint density at radius 2 is 2.06 bits per heavy atom. The van der Waals surface area contributed by atoms with Crippen LogP contribution in [0.2, 0.25) is 0 Å². The van der Waals surface area contributed by atoms with E-state index in [4.69, 9.17) is 0 Å². The molecule has 0 aromatic heterocycles. The van der Waals surface area contributed by atoms with E-state index >= 15 is 0 Å². The molecule has 0 unspecified atom stereocenters. The average molecular weight is 450 g/mol. The fraction of sp³-hybridized carbons (Fsp3) is 0.421. The minimum atomic E-state index is -1.12. The molecular weight excluding hydrogens is 428 g/mol. The number of hydrogen-bond donors (Lipinski definition) is 5. The number of nitrogens with zero attached hydrogens (tertiary/aromatic N) is 2. The maximum atomic E-state index is 12.0. The lowest BCUT2D eigenvalue weighted by molar-refractivity contribution is -0.156. The van der Waals surface area contributed by atoms with E-state index in [0.717, 1.165) is 6.07 Å². The second-order valence-corrected chi connectivity index (χ2v) is 9.02. The Kier molecular flexibility index (Phi) is 6.39. The second-order valence-electron chi connectivity index (χ2n) is 7.36. The summed E-state index contributed by atoms with van der Waals surface area (Å²) in [4.78, 5) is 48.5.